The van der Waals surface area contributed by atoms with E-state index in [1.807, 2.05) is 0 Å². The molecule has 0 aromatic heterocycles. The number of hydrogen-bond donors (Lipinski definition) is 0. The van der Waals surface area contributed by atoms with Crippen LogP contribution < -0.4 is 0 Å². The van der Waals surface area contributed by atoms with Gasteiger partial charge in [0.25, 0.3) is 0 Å². The van der Waals surface area contributed by atoms with E-state index in [9.17, 15) is 4.39 Å². The fourth-order valence-electron chi connectivity index (χ4n) is 1.45. The highest BCUT2D eigenvalue weighted by atomic mass is 79.9. The molecule has 0 radical (unpaired) electrons. The van der Waals surface area contributed by atoms with E-state index >= 15 is 0 Å². The van der Waals surface area contributed by atoms with Gasteiger partial charge in [0, 0.05) is 35.0 Å². The van der Waals surface area contributed by atoms with Crippen LogP contribution in [0.25, 0.3) is 0 Å². The Bertz CT molecular complexity index is 325. The van der Waals surface area contributed by atoms with Gasteiger partial charge in [0.05, 0.1) is 0 Å². The zero-order chi connectivity index (χ0) is 10.1. The predicted molar refractivity (Wildman–Crippen MR) is 59.4 cm³/mol. The van der Waals surface area contributed by atoms with Crippen molar-refractivity contribution in [3.05, 3.63) is 34.6 Å². The van der Waals surface area contributed by atoms with Crippen LogP contribution in [0.5, 0.6) is 0 Å². The third kappa shape index (κ3) is 2.10. The molecule has 76 valence electrons. The molecule has 0 bridgehead atoms. The lowest BCUT2D eigenvalue weighted by Crippen LogP contribution is -2.05. The molecule has 1 aliphatic heterocycles. The monoisotopic (exact) mass is 277 g/mol. The molecular weight excluding hydrogens is 268 g/mol. The van der Waals surface area contributed by atoms with Gasteiger partial charge in [0.15, 0.2) is 0 Å². The van der Waals surface area contributed by atoms with Crippen LogP contribution in [0.1, 0.15) is 5.56 Å². The molecule has 4 heteroatoms. The quantitative estimate of drug-likeness (QED) is 0.607. The maximum absolute atomic E-state index is 13.3. The average Bonchev–Trinajstić information content (AvgIpc) is 2.90. The fourth-order valence-corrected chi connectivity index (χ4v) is 2.29. The third-order valence-corrected chi connectivity index (χ3v) is 3.53. The lowest BCUT2D eigenvalue weighted by Gasteiger charge is -2.06. The summed E-state index contributed by atoms with van der Waals surface area (Å²) in [4.78, 5) is 2.18. The van der Waals surface area contributed by atoms with E-state index in [4.69, 9.17) is 11.6 Å². The molecule has 1 aromatic rings. The highest BCUT2D eigenvalue weighted by molar-refractivity contribution is 9.09. The van der Waals surface area contributed by atoms with Gasteiger partial charge in [0.2, 0.25) is 0 Å². The summed E-state index contributed by atoms with van der Waals surface area (Å²) >= 11 is 9.31. The van der Waals surface area contributed by atoms with Crippen molar-refractivity contribution >= 4 is 27.5 Å². The number of nitrogens with zero attached hydrogens (tertiary/aromatic N) is 1. The summed E-state index contributed by atoms with van der Waals surface area (Å²) in [7, 11) is 0. The Balaban J connectivity index is 2.09. The van der Waals surface area contributed by atoms with Crippen molar-refractivity contribution in [3.63, 3.8) is 0 Å². The summed E-state index contributed by atoms with van der Waals surface area (Å²) in [6.07, 6.45) is 0. The Morgan fingerprint density at radius 3 is 2.93 bits per heavy atom. The SMILES string of the molecule is Fc1cccc(Cl)c1CN1C[C@@H]1CBr. The average molecular weight is 279 g/mol. The molecule has 0 saturated carbocycles. The molecule has 1 heterocycles. The maximum atomic E-state index is 13.3. The van der Waals surface area contributed by atoms with E-state index in [0.29, 0.717) is 23.2 Å². The van der Waals surface area contributed by atoms with Crippen LogP contribution >= 0.6 is 27.5 Å². The largest absolute Gasteiger partial charge is 0.292 e. The minimum Gasteiger partial charge on any atom is -0.292 e. The summed E-state index contributed by atoms with van der Waals surface area (Å²) in [6, 6.07) is 5.36. The normalized spacial score (nSPS) is 25.1. The molecule has 1 unspecified atom stereocenters. The number of halogens is 3. The van der Waals surface area contributed by atoms with Crippen LogP contribution in [0.2, 0.25) is 5.02 Å². The molecule has 1 saturated heterocycles. The van der Waals surface area contributed by atoms with Crippen LogP contribution in [-0.4, -0.2) is 22.8 Å². The predicted octanol–water partition coefficient (Wildman–Crippen LogP) is 3.06. The summed E-state index contributed by atoms with van der Waals surface area (Å²) in [5, 5.41) is 1.46. The van der Waals surface area contributed by atoms with Crippen molar-refractivity contribution < 1.29 is 4.39 Å². The van der Waals surface area contributed by atoms with E-state index in [1.165, 1.54) is 6.07 Å². The van der Waals surface area contributed by atoms with Gasteiger partial charge in [-0.25, -0.2) is 4.39 Å². The molecule has 0 amide bonds. The minimum atomic E-state index is -0.210. The zero-order valence-corrected chi connectivity index (χ0v) is 9.85. The Labute approximate surface area is 96.0 Å². The van der Waals surface area contributed by atoms with Crippen molar-refractivity contribution in [3.8, 4) is 0 Å². The second kappa shape index (κ2) is 4.17. The summed E-state index contributed by atoms with van der Waals surface area (Å²) in [5.41, 5.74) is 0.609. The lowest BCUT2D eigenvalue weighted by atomic mass is 10.2. The molecule has 1 aromatic carbocycles. The first kappa shape index (κ1) is 10.4. The van der Waals surface area contributed by atoms with Crippen LogP contribution in [0.4, 0.5) is 4.39 Å². The van der Waals surface area contributed by atoms with Gasteiger partial charge in [-0.2, -0.15) is 0 Å². The van der Waals surface area contributed by atoms with E-state index < -0.39 is 0 Å². The first-order chi connectivity index (χ1) is 6.72. The number of alkyl halides is 1. The van der Waals surface area contributed by atoms with Crippen LogP contribution in [0, 0.1) is 5.82 Å². The standard InChI is InChI=1S/C10H10BrClFN/c11-4-7-5-14(7)6-8-9(12)2-1-3-10(8)13/h1-3,7H,4-6H2/t7-,14?/m0/s1. The number of rotatable bonds is 3. The van der Waals surface area contributed by atoms with Gasteiger partial charge in [0.1, 0.15) is 5.82 Å². The van der Waals surface area contributed by atoms with E-state index in [2.05, 4.69) is 20.8 Å². The Kier molecular flexibility index (Phi) is 3.10. The molecule has 0 spiro atoms. The van der Waals surface area contributed by atoms with Crippen molar-refractivity contribution in [1.29, 1.82) is 0 Å². The van der Waals surface area contributed by atoms with Gasteiger partial charge in [-0.15, -0.1) is 0 Å². The van der Waals surface area contributed by atoms with Crippen molar-refractivity contribution in [2.75, 3.05) is 11.9 Å². The molecule has 2 atom stereocenters. The summed E-state index contributed by atoms with van der Waals surface area (Å²) < 4.78 is 13.3. The topological polar surface area (TPSA) is 3.01 Å². The Morgan fingerprint density at radius 1 is 1.57 bits per heavy atom. The second-order valence-corrected chi connectivity index (χ2v) is 4.49. The molecule has 1 nitrogen and oxygen atoms in total. The minimum absolute atomic E-state index is 0.210. The van der Waals surface area contributed by atoms with Crippen molar-refractivity contribution in [2.24, 2.45) is 0 Å². The van der Waals surface area contributed by atoms with Gasteiger partial charge < -0.3 is 0 Å². The maximum Gasteiger partial charge on any atom is 0.129 e. The van der Waals surface area contributed by atoms with Gasteiger partial charge in [-0.05, 0) is 12.1 Å². The zero-order valence-electron chi connectivity index (χ0n) is 7.51. The molecular formula is C10H10BrClFN. The highest BCUT2D eigenvalue weighted by Gasteiger charge is 2.33. The highest BCUT2D eigenvalue weighted by Crippen LogP contribution is 2.27. The molecule has 0 aliphatic carbocycles. The van der Waals surface area contributed by atoms with Gasteiger partial charge in [-0.1, -0.05) is 33.6 Å². The van der Waals surface area contributed by atoms with E-state index in [0.717, 1.165) is 11.9 Å². The Hall–Kier alpha value is -0.120. The van der Waals surface area contributed by atoms with Crippen LogP contribution in [-0.2, 0) is 6.54 Å². The van der Waals surface area contributed by atoms with Gasteiger partial charge in [-0.3, -0.25) is 4.90 Å². The summed E-state index contributed by atoms with van der Waals surface area (Å²) in [6.45, 7) is 1.64. The smallest absolute Gasteiger partial charge is 0.129 e. The molecule has 14 heavy (non-hydrogen) atoms. The van der Waals surface area contributed by atoms with Crippen molar-refractivity contribution in [1.82, 2.24) is 4.90 Å². The lowest BCUT2D eigenvalue weighted by molar-refractivity contribution is 0.494. The second-order valence-electron chi connectivity index (χ2n) is 3.44. The van der Waals surface area contributed by atoms with Gasteiger partial charge >= 0.3 is 0 Å². The van der Waals surface area contributed by atoms with Crippen LogP contribution in [0.3, 0.4) is 0 Å². The van der Waals surface area contributed by atoms with Crippen molar-refractivity contribution in [2.45, 2.75) is 12.6 Å². The molecule has 0 N–H and O–H groups in total. The number of benzene rings is 1. The Morgan fingerprint density at radius 2 is 2.36 bits per heavy atom. The fraction of sp³-hybridized carbons (Fsp3) is 0.400. The molecule has 2 rings (SSSR count). The van der Waals surface area contributed by atoms with Crippen LogP contribution in [0.15, 0.2) is 18.2 Å². The molecule has 1 fully saturated rings. The first-order valence-electron chi connectivity index (χ1n) is 4.45. The number of hydrogen-bond acceptors (Lipinski definition) is 1. The summed E-state index contributed by atoms with van der Waals surface area (Å²) in [5.74, 6) is -0.210. The van der Waals surface area contributed by atoms with E-state index in [1.54, 1.807) is 12.1 Å². The van der Waals surface area contributed by atoms with E-state index in [-0.39, 0.29) is 5.82 Å². The molecule has 1 aliphatic rings. The first-order valence-corrected chi connectivity index (χ1v) is 5.95. The third-order valence-electron chi connectivity index (χ3n) is 2.43.